The van der Waals surface area contributed by atoms with Gasteiger partial charge in [-0.05, 0) is 49.2 Å². The van der Waals surface area contributed by atoms with E-state index >= 15 is 0 Å². The van der Waals surface area contributed by atoms with Crippen molar-refractivity contribution in [3.05, 3.63) is 53.1 Å². The first-order valence-electron chi connectivity index (χ1n) is 13.5. The largest absolute Gasteiger partial charge is 0.493 e. The van der Waals surface area contributed by atoms with E-state index in [1.807, 2.05) is 35.2 Å². The highest BCUT2D eigenvalue weighted by Crippen LogP contribution is 2.40. The van der Waals surface area contributed by atoms with Gasteiger partial charge in [-0.3, -0.25) is 4.79 Å². The lowest BCUT2D eigenvalue weighted by Gasteiger charge is -2.36. The Morgan fingerprint density at radius 2 is 1.74 bits per heavy atom. The summed E-state index contributed by atoms with van der Waals surface area (Å²) < 4.78 is 39.2. The molecule has 4 rings (SSSR count). The fourth-order valence-electron chi connectivity index (χ4n) is 5.38. The second kappa shape index (κ2) is 12.5. The molecule has 0 radical (unpaired) electrons. The van der Waals surface area contributed by atoms with Crippen LogP contribution in [0.25, 0.3) is 0 Å². The van der Waals surface area contributed by atoms with Crippen molar-refractivity contribution in [2.24, 2.45) is 0 Å². The van der Waals surface area contributed by atoms with Crippen LogP contribution in [0, 0.1) is 0 Å². The number of anilines is 1. The van der Waals surface area contributed by atoms with Crippen molar-refractivity contribution >= 4 is 21.8 Å². The Balaban J connectivity index is 1.60. The van der Waals surface area contributed by atoms with E-state index in [9.17, 15) is 13.2 Å². The molecule has 1 fully saturated rings. The normalized spacial score (nSPS) is 17.0. The van der Waals surface area contributed by atoms with Gasteiger partial charge in [0, 0.05) is 70.2 Å². The number of hydrogen-bond donors (Lipinski definition) is 1. The smallest absolute Gasteiger partial charge is 0.278 e. The number of nitrogens with zero attached hydrogens (tertiary/aromatic N) is 4. The van der Waals surface area contributed by atoms with Crippen molar-refractivity contribution in [1.82, 2.24) is 18.8 Å². The van der Waals surface area contributed by atoms with Gasteiger partial charge in [0.25, 0.3) is 16.1 Å². The topological polar surface area (TPSA) is 94.7 Å². The zero-order valence-electron chi connectivity index (χ0n) is 23.6. The van der Waals surface area contributed by atoms with Gasteiger partial charge in [0.05, 0.1) is 20.3 Å². The quantitative estimate of drug-likeness (QED) is 0.400. The first-order valence-corrected chi connectivity index (χ1v) is 14.9. The van der Waals surface area contributed by atoms with Crippen LogP contribution in [0.1, 0.15) is 47.3 Å². The summed E-state index contributed by atoms with van der Waals surface area (Å²) in [5.74, 6) is 1.20. The van der Waals surface area contributed by atoms with Gasteiger partial charge < -0.3 is 24.2 Å². The molecule has 2 aromatic carbocycles. The summed E-state index contributed by atoms with van der Waals surface area (Å²) in [4.78, 5) is 20.6. The van der Waals surface area contributed by atoms with Crippen LogP contribution in [0.15, 0.2) is 36.4 Å². The van der Waals surface area contributed by atoms with Crippen molar-refractivity contribution in [2.45, 2.75) is 32.4 Å². The summed E-state index contributed by atoms with van der Waals surface area (Å²) in [7, 11) is 2.65. The van der Waals surface area contributed by atoms with Crippen LogP contribution in [-0.4, -0.2) is 96.0 Å². The highest BCUT2D eigenvalue weighted by atomic mass is 32.2. The van der Waals surface area contributed by atoms with E-state index in [1.165, 1.54) is 14.1 Å². The molecule has 2 heterocycles. The molecule has 0 saturated carbocycles. The predicted molar refractivity (Wildman–Crippen MR) is 153 cm³/mol. The fourth-order valence-corrected chi connectivity index (χ4v) is 6.04. The summed E-state index contributed by atoms with van der Waals surface area (Å²) in [6, 6.07) is 11.5. The number of ether oxygens (including phenoxy) is 2. The van der Waals surface area contributed by atoms with E-state index in [2.05, 4.69) is 27.5 Å². The maximum absolute atomic E-state index is 13.8. The number of rotatable bonds is 12. The van der Waals surface area contributed by atoms with E-state index < -0.39 is 10.2 Å². The molecule has 1 N–H and O–H groups in total. The van der Waals surface area contributed by atoms with Gasteiger partial charge in [-0.2, -0.15) is 12.7 Å². The van der Waals surface area contributed by atoms with Crippen LogP contribution < -0.4 is 19.1 Å². The van der Waals surface area contributed by atoms with E-state index in [4.69, 9.17) is 9.47 Å². The molecular weight excluding hydrogens is 518 g/mol. The molecule has 0 unspecified atom stereocenters. The number of nitrogens with one attached hydrogen (secondary N) is 1. The molecule has 10 nitrogen and oxygen atoms in total. The minimum Gasteiger partial charge on any atom is -0.493 e. The van der Waals surface area contributed by atoms with E-state index in [1.54, 1.807) is 14.2 Å². The Labute approximate surface area is 232 Å². The monoisotopic (exact) mass is 559 g/mol. The molecule has 1 amide bonds. The highest BCUT2D eigenvalue weighted by Gasteiger charge is 2.36. The summed E-state index contributed by atoms with van der Waals surface area (Å²) in [6.07, 6.45) is 1.13. The fraction of sp³-hybridized carbons (Fsp3) is 0.536. The van der Waals surface area contributed by atoms with Gasteiger partial charge in [0.15, 0.2) is 11.5 Å². The van der Waals surface area contributed by atoms with Crippen molar-refractivity contribution in [2.75, 3.05) is 72.5 Å². The van der Waals surface area contributed by atoms with Crippen LogP contribution in [-0.2, 0) is 16.8 Å². The predicted octanol–water partition coefficient (Wildman–Crippen LogP) is 2.72. The van der Waals surface area contributed by atoms with Crippen LogP contribution >= 0.6 is 0 Å². The number of benzene rings is 2. The molecule has 11 heteroatoms. The minimum atomic E-state index is -3.52. The number of amides is 1. The van der Waals surface area contributed by atoms with Crippen LogP contribution in [0.5, 0.6) is 11.5 Å². The summed E-state index contributed by atoms with van der Waals surface area (Å²) in [5, 5.41) is 0. The first kappa shape index (κ1) is 29.1. The average Bonchev–Trinajstić information content (AvgIpc) is 3.28. The summed E-state index contributed by atoms with van der Waals surface area (Å²) >= 11 is 0. The van der Waals surface area contributed by atoms with Crippen LogP contribution in [0.2, 0.25) is 0 Å². The SMILES string of the molecule is CCN1CCN(c2cccc3c2CN([C@H](CCCNS(=O)(=O)N(C)C)c2ccc(OC)c(OC)c2)C3=O)CC1. The van der Waals surface area contributed by atoms with Gasteiger partial charge in [0.2, 0.25) is 0 Å². The highest BCUT2D eigenvalue weighted by molar-refractivity contribution is 7.87. The van der Waals surface area contributed by atoms with Crippen molar-refractivity contribution < 1.29 is 22.7 Å². The van der Waals surface area contributed by atoms with E-state index in [0.717, 1.165) is 59.4 Å². The number of carbonyl (C=O) groups excluding carboxylic acids is 1. The molecule has 2 aliphatic heterocycles. The maximum atomic E-state index is 13.8. The van der Waals surface area contributed by atoms with Gasteiger partial charge in [-0.15, -0.1) is 0 Å². The summed E-state index contributed by atoms with van der Waals surface area (Å²) in [5.41, 5.74) is 3.85. The Morgan fingerprint density at radius 1 is 1.03 bits per heavy atom. The van der Waals surface area contributed by atoms with Crippen LogP contribution in [0.3, 0.4) is 0 Å². The molecule has 0 bridgehead atoms. The minimum absolute atomic E-state index is 0.00676. The number of methoxy groups -OCH3 is 2. The molecule has 214 valence electrons. The lowest BCUT2D eigenvalue weighted by atomic mass is 9.99. The first-order chi connectivity index (χ1) is 18.7. The maximum Gasteiger partial charge on any atom is 0.278 e. The van der Waals surface area contributed by atoms with Gasteiger partial charge in [0.1, 0.15) is 0 Å². The zero-order valence-corrected chi connectivity index (χ0v) is 24.5. The molecule has 1 saturated heterocycles. The second-order valence-corrected chi connectivity index (χ2v) is 12.1. The Kier molecular flexibility index (Phi) is 9.37. The number of piperazine rings is 1. The third-order valence-electron chi connectivity index (χ3n) is 7.72. The third-order valence-corrected chi connectivity index (χ3v) is 9.25. The average molecular weight is 560 g/mol. The number of fused-ring (bicyclic) bond motifs is 1. The molecule has 0 aromatic heterocycles. The molecule has 2 aliphatic rings. The zero-order chi connectivity index (χ0) is 28.2. The standard InChI is InChI=1S/C28H41N5O5S/c1-6-31-15-17-32(18-16-31)25-10-7-9-22-23(25)20-33(28(22)34)24(11-8-14-29-39(35,36)30(2)3)21-12-13-26(37-4)27(19-21)38-5/h7,9-10,12-13,19,24,29H,6,8,11,14-18,20H2,1-5H3/t24-/m1/s1. The molecule has 2 aromatic rings. The summed E-state index contributed by atoms with van der Waals surface area (Å²) in [6.45, 7) is 7.89. The molecular formula is C28H41N5O5S. The number of carbonyl (C=O) groups is 1. The van der Waals surface area contributed by atoms with Gasteiger partial charge in [-0.25, -0.2) is 4.72 Å². The van der Waals surface area contributed by atoms with Crippen LogP contribution in [0.4, 0.5) is 5.69 Å². The van der Waals surface area contributed by atoms with Crippen molar-refractivity contribution in [3.63, 3.8) is 0 Å². The molecule has 0 spiro atoms. The Morgan fingerprint density at radius 3 is 2.38 bits per heavy atom. The Hall–Kier alpha value is -2.86. The number of likely N-dealkylation sites (N-methyl/N-ethyl adjacent to an activating group) is 1. The lowest BCUT2D eigenvalue weighted by Crippen LogP contribution is -2.46. The Bertz CT molecular complexity index is 1260. The third kappa shape index (κ3) is 6.32. The van der Waals surface area contributed by atoms with Gasteiger partial charge >= 0.3 is 0 Å². The van der Waals surface area contributed by atoms with Crippen molar-refractivity contribution in [1.29, 1.82) is 0 Å². The van der Waals surface area contributed by atoms with Crippen molar-refractivity contribution in [3.8, 4) is 11.5 Å². The van der Waals surface area contributed by atoms with E-state index in [-0.39, 0.29) is 18.5 Å². The molecule has 0 aliphatic carbocycles. The van der Waals surface area contributed by atoms with Gasteiger partial charge in [-0.1, -0.05) is 19.1 Å². The molecule has 39 heavy (non-hydrogen) atoms. The lowest BCUT2D eigenvalue weighted by molar-refractivity contribution is 0.0689. The molecule has 1 atom stereocenters. The second-order valence-electron chi connectivity index (χ2n) is 10.1. The number of hydrogen-bond acceptors (Lipinski definition) is 7. The van der Waals surface area contributed by atoms with E-state index in [0.29, 0.717) is 30.9 Å².